The molecule has 1 aromatic carbocycles. The number of nitrogens with one attached hydrogen (secondary N) is 1. The minimum atomic E-state index is -0.384. The van der Waals surface area contributed by atoms with Gasteiger partial charge in [0.05, 0.1) is 5.69 Å². The van der Waals surface area contributed by atoms with Gasteiger partial charge in [-0.3, -0.25) is 19.1 Å². The summed E-state index contributed by atoms with van der Waals surface area (Å²) in [6.07, 6.45) is 3.96. The van der Waals surface area contributed by atoms with Gasteiger partial charge in [0.2, 0.25) is 0 Å². The van der Waals surface area contributed by atoms with Crippen molar-refractivity contribution in [2.75, 3.05) is 13.1 Å². The number of benzene rings is 1. The van der Waals surface area contributed by atoms with Crippen LogP contribution in [0.25, 0.3) is 17.2 Å². The lowest BCUT2D eigenvalue weighted by Gasteiger charge is -2.35. The van der Waals surface area contributed by atoms with Crippen molar-refractivity contribution in [3.63, 3.8) is 0 Å². The van der Waals surface area contributed by atoms with Crippen LogP contribution in [-0.4, -0.2) is 60.6 Å². The highest BCUT2D eigenvalue weighted by Gasteiger charge is 2.37. The SMILES string of the molecule is Cc1ccc(-c2nnc(C3CC(NC(=O)c4cccc(C(=O)N5CCC5)n4)C3)n2-c2ccccc2F)nc1. The van der Waals surface area contributed by atoms with Crippen LogP contribution in [0.1, 0.15) is 57.5 Å². The monoisotopic (exact) mass is 511 g/mol. The highest BCUT2D eigenvalue weighted by molar-refractivity contribution is 5.96. The van der Waals surface area contributed by atoms with Crippen LogP contribution in [0.4, 0.5) is 4.39 Å². The number of carbonyl (C=O) groups is 2. The zero-order chi connectivity index (χ0) is 26.2. The second-order valence-corrected chi connectivity index (χ2v) is 9.78. The van der Waals surface area contributed by atoms with Crippen LogP contribution in [0.2, 0.25) is 0 Å². The van der Waals surface area contributed by atoms with E-state index in [0.29, 0.717) is 35.9 Å². The Hall–Kier alpha value is -4.47. The summed E-state index contributed by atoms with van der Waals surface area (Å²) in [6.45, 7) is 3.39. The number of carbonyl (C=O) groups excluding carboxylic acids is 2. The molecule has 0 unspecified atom stereocenters. The van der Waals surface area contributed by atoms with Gasteiger partial charge in [0.15, 0.2) is 5.82 Å². The third-order valence-corrected chi connectivity index (χ3v) is 7.10. The van der Waals surface area contributed by atoms with Crippen LogP contribution in [0, 0.1) is 12.7 Å². The van der Waals surface area contributed by atoms with E-state index < -0.39 is 0 Å². The smallest absolute Gasteiger partial charge is 0.272 e. The zero-order valence-corrected chi connectivity index (χ0v) is 20.8. The molecule has 0 bridgehead atoms. The number of amides is 2. The molecule has 0 atom stereocenters. The fourth-order valence-corrected chi connectivity index (χ4v) is 4.76. The first-order valence-corrected chi connectivity index (χ1v) is 12.7. The molecule has 0 spiro atoms. The van der Waals surface area contributed by atoms with Gasteiger partial charge in [-0.15, -0.1) is 10.2 Å². The van der Waals surface area contributed by atoms with Crippen molar-refractivity contribution in [3.05, 3.63) is 89.4 Å². The van der Waals surface area contributed by atoms with E-state index in [0.717, 1.165) is 25.1 Å². The Balaban J connectivity index is 1.19. The van der Waals surface area contributed by atoms with E-state index in [1.165, 1.54) is 6.07 Å². The molecule has 9 nitrogen and oxygen atoms in total. The Morgan fingerprint density at radius 2 is 1.76 bits per heavy atom. The number of nitrogens with zero attached hydrogens (tertiary/aromatic N) is 6. The van der Waals surface area contributed by atoms with Crippen molar-refractivity contribution >= 4 is 11.8 Å². The van der Waals surface area contributed by atoms with E-state index in [1.807, 2.05) is 19.1 Å². The largest absolute Gasteiger partial charge is 0.348 e. The van der Waals surface area contributed by atoms with Gasteiger partial charge >= 0.3 is 0 Å². The number of hydrogen-bond donors (Lipinski definition) is 1. The standard InChI is InChI=1S/C28H26FN7O2/c1-17-10-11-21(30-16-17)26-34-33-25(36(26)24-9-3-2-6-20(24)29)18-14-19(15-18)31-27(37)22-7-4-8-23(32-22)28(38)35-12-5-13-35/h2-4,6-11,16,18-19H,5,12-15H2,1H3,(H,31,37). The Labute approximate surface area is 218 Å². The molecule has 3 aromatic heterocycles. The van der Waals surface area contributed by atoms with Gasteiger partial charge in [0.1, 0.15) is 28.7 Å². The van der Waals surface area contributed by atoms with Crippen molar-refractivity contribution in [2.24, 2.45) is 0 Å². The van der Waals surface area contributed by atoms with Gasteiger partial charge in [0, 0.05) is 31.2 Å². The lowest BCUT2D eigenvalue weighted by molar-refractivity contribution is 0.0645. The lowest BCUT2D eigenvalue weighted by Crippen LogP contribution is -2.44. The van der Waals surface area contributed by atoms with Gasteiger partial charge in [0.25, 0.3) is 11.8 Å². The predicted octanol–water partition coefficient (Wildman–Crippen LogP) is 3.69. The van der Waals surface area contributed by atoms with Crippen LogP contribution in [0.5, 0.6) is 0 Å². The first-order chi connectivity index (χ1) is 18.5. The molecule has 1 aliphatic carbocycles. The van der Waals surface area contributed by atoms with Crippen molar-refractivity contribution < 1.29 is 14.0 Å². The van der Waals surface area contributed by atoms with E-state index in [9.17, 15) is 14.0 Å². The number of aryl methyl sites for hydroxylation is 1. The Morgan fingerprint density at radius 1 is 0.974 bits per heavy atom. The Bertz CT molecular complexity index is 1510. The molecule has 2 fully saturated rings. The molecule has 1 N–H and O–H groups in total. The molecule has 0 radical (unpaired) electrons. The van der Waals surface area contributed by atoms with Crippen LogP contribution >= 0.6 is 0 Å². The number of hydrogen-bond acceptors (Lipinski definition) is 6. The topological polar surface area (TPSA) is 106 Å². The molecular weight excluding hydrogens is 485 g/mol. The maximum absolute atomic E-state index is 14.9. The maximum Gasteiger partial charge on any atom is 0.272 e. The van der Waals surface area contributed by atoms with E-state index >= 15 is 0 Å². The van der Waals surface area contributed by atoms with E-state index in [-0.39, 0.29) is 41.0 Å². The van der Waals surface area contributed by atoms with Gasteiger partial charge in [-0.25, -0.2) is 9.37 Å². The van der Waals surface area contributed by atoms with Crippen LogP contribution in [0.15, 0.2) is 60.8 Å². The average molecular weight is 512 g/mol. The molecule has 6 rings (SSSR count). The molecule has 4 heterocycles. The number of halogens is 1. The number of rotatable bonds is 6. The molecule has 10 heteroatoms. The second-order valence-electron chi connectivity index (χ2n) is 9.78. The maximum atomic E-state index is 14.9. The number of para-hydroxylation sites is 1. The third-order valence-electron chi connectivity index (χ3n) is 7.10. The van der Waals surface area contributed by atoms with Gasteiger partial charge < -0.3 is 10.2 Å². The predicted molar refractivity (Wildman–Crippen MR) is 137 cm³/mol. The van der Waals surface area contributed by atoms with E-state index in [2.05, 4.69) is 25.5 Å². The van der Waals surface area contributed by atoms with Gasteiger partial charge in [-0.1, -0.05) is 24.3 Å². The molecule has 2 aliphatic rings. The van der Waals surface area contributed by atoms with Gasteiger partial charge in [-0.05, 0) is 62.1 Å². The Kier molecular flexibility index (Phi) is 6.15. The zero-order valence-electron chi connectivity index (χ0n) is 20.8. The minimum Gasteiger partial charge on any atom is -0.348 e. The molecule has 1 saturated heterocycles. The molecule has 1 aliphatic heterocycles. The number of pyridine rings is 2. The molecule has 4 aromatic rings. The molecule has 192 valence electrons. The van der Waals surface area contributed by atoms with Gasteiger partial charge in [-0.2, -0.15) is 0 Å². The molecular formula is C28H26FN7O2. The summed E-state index contributed by atoms with van der Waals surface area (Å²) in [7, 11) is 0. The van der Waals surface area contributed by atoms with Crippen molar-refractivity contribution in [2.45, 2.75) is 38.1 Å². The fraction of sp³-hybridized carbons (Fsp3) is 0.286. The molecule has 2 amide bonds. The molecule has 1 saturated carbocycles. The summed E-state index contributed by atoms with van der Waals surface area (Å²) < 4.78 is 16.6. The number of likely N-dealkylation sites (tertiary alicyclic amines) is 1. The summed E-state index contributed by atoms with van der Waals surface area (Å²) in [4.78, 5) is 35.8. The van der Waals surface area contributed by atoms with Crippen LogP contribution < -0.4 is 5.32 Å². The summed E-state index contributed by atoms with van der Waals surface area (Å²) in [5.74, 6) is 0.195. The summed E-state index contributed by atoms with van der Waals surface area (Å²) >= 11 is 0. The normalized spacial score (nSPS) is 18.4. The van der Waals surface area contributed by atoms with E-state index in [4.69, 9.17) is 0 Å². The van der Waals surface area contributed by atoms with Crippen molar-refractivity contribution in [3.8, 4) is 17.2 Å². The molecule has 38 heavy (non-hydrogen) atoms. The highest BCUT2D eigenvalue weighted by Crippen LogP contribution is 2.39. The fourth-order valence-electron chi connectivity index (χ4n) is 4.76. The summed E-state index contributed by atoms with van der Waals surface area (Å²) in [6, 6.07) is 15.1. The average Bonchev–Trinajstić information content (AvgIpc) is 3.29. The van der Waals surface area contributed by atoms with Crippen LogP contribution in [-0.2, 0) is 0 Å². The van der Waals surface area contributed by atoms with Crippen molar-refractivity contribution in [1.82, 2.24) is 34.9 Å². The first kappa shape index (κ1) is 23.9. The van der Waals surface area contributed by atoms with Crippen molar-refractivity contribution in [1.29, 1.82) is 0 Å². The lowest BCUT2D eigenvalue weighted by atomic mass is 9.79. The van der Waals surface area contributed by atoms with E-state index in [1.54, 1.807) is 52.1 Å². The highest BCUT2D eigenvalue weighted by atomic mass is 19.1. The quantitative estimate of drug-likeness (QED) is 0.423. The second kappa shape index (κ2) is 9.77. The minimum absolute atomic E-state index is 0.0288. The summed E-state index contributed by atoms with van der Waals surface area (Å²) in [5, 5.41) is 11.8. The number of aromatic nitrogens is 5. The third kappa shape index (κ3) is 4.42. The first-order valence-electron chi connectivity index (χ1n) is 12.7. The summed E-state index contributed by atoms with van der Waals surface area (Å²) in [5.41, 5.74) is 2.44. The Morgan fingerprint density at radius 3 is 2.47 bits per heavy atom. The van der Waals surface area contributed by atoms with Crippen LogP contribution in [0.3, 0.4) is 0 Å².